The van der Waals surface area contributed by atoms with E-state index in [-0.39, 0.29) is 12.6 Å². The average molecular weight is 291 g/mol. The summed E-state index contributed by atoms with van der Waals surface area (Å²) in [6, 6.07) is 2.17. The molecule has 9 heteroatoms. The Balaban J connectivity index is 1.98. The first-order valence-corrected chi connectivity index (χ1v) is 6.99. The summed E-state index contributed by atoms with van der Waals surface area (Å²) in [4.78, 5) is 10.6. The van der Waals surface area contributed by atoms with E-state index in [0.29, 0.717) is 19.8 Å². The SMILES string of the molecule is O=C(O)c1ccc(S(=O)(=O)NCC2COCCO2)o1. The first-order chi connectivity index (χ1) is 8.99. The number of carboxylic acid groups (broad SMARTS) is 1. The highest BCUT2D eigenvalue weighted by Gasteiger charge is 2.23. The van der Waals surface area contributed by atoms with Gasteiger partial charge in [0.25, 0.3) is 10.0 Å². The molecule has 1 aliphatic rings. The molecule has 1 fully saturated rings. The van der Waals surface area contributed by atoms with Gasteiger partial charge >= 0.3 is 5.97 Å². The van der Waals surface area contributed by atoms with Gasteiger partial charge < -0.3 is 19.0 Å². The fourth-order valence-electron chi connectivity index (χ4n) is 1.51. The third-order valence-corrected chi connectivity index (χ3v) is 3.74. The van der Waals surface area contributed by atoms with Crippen molar-refractivity contribution < 1.29 is 32.2 Å². The first-order valence-electron chi connectivity index (χ1n) is 5.51. The lowest BCUT2D eigenvalue weighted by Gasteiger charge is -2.22. The second-order valence-corrected chi connectivity index (χ2v) is 5.54. The van der Waals surface area contributed by atoms with Crippen LogP contribution in [0.3, 0.4) is 0 Å². The molecule has 8 nitrogen and oxygen atoms in total. The van der Waals surface area contributed by atoms with Gasteiger partial charge in [0.15, 0.2) is 0 Å². The topological polar surface area (TPSA) is 115 Å². The summed E-state index contributed by atoms with van der Waals surface area (Å²) < 4.78 is 41.0. The fraction of sp³-hybridized carbons (Fsp3) is 0.500. The van der Waals surface area contributed by atoms with Crippen LogP contribution in [0.5, 0.6) is 0 Å². The normalized spacial score (nSPS) is 20.3. The smallest absolute Gasteiger partial charge is 0.371 e. The maximum absolute atomic E-state index is 11.8. The van der Waals surface area contributed by atoms with E-state index in [4.69, 9.17) is 19.0 Å². The van der Waals surface area contributed by atoms with E-state index in [9.17, 15) is 13.2 Å². The third kappa shape index (κ3) is 3.53. The van der Waals surface area contributed by atoms with Gasteiger partial charge in [0, 0.05) is 6.54 Å². The van der Waals surface area contributed by atoms with Gasteiger partial charge in [-0.1, -0.05) is 0 Å². The van der Waals surface area contributed by atoms with Gasteiger partial charge in [0.1, 0.15) is 0 Å². The highest BCUT2D eigenvalue weighted by atomic mass is 32.2. The van der Waals surface area contributed by atoms with Crippen molar-refractivity contribution in [3.8, 4) is 0 Å². The number of furan rings is 1. The Hall–Kier alpha value is -1.42. The van der Waals surface area contributed by atoms with Crippen LogP contribution in [0.1, 0.15) is 10.6 Å². The largest absolute Gasteiger partial charge is 0.475 e. The summed E-state index contributed by atoms with van der Waals surface area (Å²) in [5, 5.41) is 8.21. The minimum Gasteiger partial charge on any atom is -0.475 e. The average Bonchev–Trinajstić information content (AvgIpc) is 2.88. The molecule has 1 aromatic heterocycles. The molecule has 1 atom stereocenters. The minimum absolute atomic E-state index is 0.0332. The lowest BCUT2D eigenvalue weighted by atomic mass is 10.3. The zero-order chi connectivity index (χ0) is 13.9. The maximum Gasteiger partial charge on any atom is 0.371 e. The summed E-state index contributed by atoms with van der Waals surface area (Å²) >= 11 is 0. The summed E-state index contributed by atoms with van der Waals surface area (Å²) in [6.45, 7) is 1.24. The van der Waals surface area contributed by atoms with E-state index in [1.807, 2.05) is 0 Å². The van der Waals surface area contributed by atoms with Crippen LogP contribution < -0.4 is 4.72 Å². The predicted octanol–water partition coefficient (Wildman–Crippen LogP) is -0.328. The van der Waals surface area contributed by atoms with Crippen LogP contribution in [0.25, 0.3) is 0 Å². The van der Waals surface area contributed by atoms with Crippen LogP contribution in [-0.2, 0) is 19.5 Å². The van der Waals surface area contributed by atoms with Crippen molar-refractivity contribution in [2.45, 2.75) is 11.2 Å². The van der Waals surface area contributed by atoms with Crippen molar-refractivity contribution in [1.82, 2.24) is 4.72 Å². The summed E-state index contributed by atoms with van der Waals surface area (Å²) in [6.07, 6.45) is -0.363. The molecule has 1 aliphatic heterocycles. The van der Waals surface area contributed by atoms with Gasteiger partial charge in [0.2, 0.25) is 10.9 Å². The molecule has 2 heterocycles. The maximum atomic E-state index is 11.8. The number of carbonyl (C=O) groups is 1. The lowest BCUT2D eigenvalue weighted by Crippen LogP contribution is -2.39. The molecule has 1 unspecified atom stereocenters. The quantitative estimate of drug-likeness (QED) is 0.763. The number of aromatic carboxylic acids is 1. The molecule has 0 bridgehead atoms. The van der Waals surface area contributed by atoms with Crippen LogP contribution in [-0.4, -0.2) is 52.0 Å². The van der Waals surface area contributed by atoms with E-state index < -0.39 is 26.8 Å². The van der Waals surface area contributed by atoms with Crippen LogP contribution in [0, 0.1) is 0 Å². The number of nitrogens with one attached hydrogen (secondary N) is 1. The molecule has 0 radical (unpaired) electrons. The van der Waals surface area contributed by atoms with Crippen molar-refractivity contribution in [3.05, 3.63) is 17.9 Å². The molecular weight excluding hydrogens is 278 g/mol. The second-order valence-electron chi connectivity index (χ2n) is 3.84. The van der Waals surface area contributed by atoms with E-state index in [0.717, 1.165) is 12.1 Å². The van der Waals surface area contributed by atoms with Crippen LogP contribution >= 0.6 is 0 Å². The Morgan fingerprint density at radius 1 is 1.42 bits per heavy atom. The number of rotatable bonds is 5. The predicted molar refractivity (Wildman–Crippen MR) is 61.4 cm³/mol. The van der Waals surface area contributed by atoms with Gasteiger partial charge in [-0.2, -0.15) is 0 Å². The molecule has 2 rings (SSSR count). The number of sulfonamides is 1. The molecule has 1 saturated heterocycles. The minimum atomic E-state index is -3.89. The van der Waals surface area contributed by atoms with Gasteiger partial charge in [0.05, 0.1) is 25.9 Å². The van der Waals surface area contributed by atoms with Crippen LogP contribution in [0.4, 0.5) is 0 Å². The zero-order valence-corrected chi connectivity index (χ0v) is 10.7. The Morgan fingerprint density at radius 2 is 2.21 bits per heavy atom. The molecule has 0 spiro atoms. The van der Waals surface area contributed by atoms with Crippen molar-refractivity contribution >= 4 is 16.0 Å². The number of carboxylic acids is 1. The highest BCUT2D eigenvalue weighted by Crippen LogP contribution is 2.14. The number of hydrogen-bond donors (Lipinski definition) is 2. The van der Waals surface area contributed by atoms with E-state index in [1.54, 1.807) is 0 Å². The molecule has 2 N–H and O–H groups in total. The van der Waals surface area contributed by atoms with Gasteiger partial charge in [-0.3, -0.25) is 0 Å². The molecular formula is C10H13NO7S. The fourth-order valence-corrected chi connectivity index (χ4v) is 2.50. The zero-order valence-electron chi connectivity index (χ0n) is 9.87. The van der Waals surface area contributed by atoms with E-state index >= 15 is 0 Å². The summed E-state index contributed by atoms with van der Waals surface area (Å²) in [5.74, 6) is -1.76. The van der Waals surface area contributed by atoms with Gasteiger partial charge in [-0.05, 0) is 12.1 Å². The molecule has 1 aromatic rings. The Bertz CT molecular complexity index is 544. The summed E-state index contributed by atoms with van der Waals surface area (Å²) in [5.41, 5.74) is 0. The molecule has 0 aliphatic carbocycles. The third-order valence-electron chi connectivity index (χ3n) is 2.44. The monoisotopic (exact) mass is 291 g/mol. The second kappa shape index (κ2) is 5.70. The van der Waals surface area contributed by atoms with Crippen molar-refractivity contribution in [2.24, 2.45) is 0 Å². The Labute approximate surface area is 109 Å². The van der Waals surface area contributed by atoms with Crippen molar-refractivity contribution in [2.75, 3.05) is 26.4 Å². The molecule has 0 aromatic carbocycles. The highest BCUT2D eigenvalue weighted by molar-refractivity contribution is 7.89. The van der Waals surface area contributed by atoms with Crippen molar-refractivity contribution in [3.63, 3.8) is 0 Å². The van der Waals surface area contributed by atoms with Gasteiger partial charge in [-0.15, -0.1) is 0 Å². The van der Waals surface area contributed by atoms with Gasteiger partial charge in [-0.25, -0.2) is 17.9 Å². The van der Waals surface area contributed by atoms with Crippen LogP contribution in [0.15, 0.2) is 21.6 Å². The Kier molecular flexibility index (Phi) is 4.20. The number of hydrogen-bond acceptors (Lipinski definition) is 6. The van der Waals surface area contributed by atoms with E-state index in [2.05, 4.69) is 4.72 Å². The molecule has 106 valence electrons. The van der Waals surface area contributed by atoms with E-state index in [1.165, 1.54) is 0 Å². The first kappa shape index (κ1) is 14.0. The number of ether oxygens (including phenoxy) is 2. The summed E-state index contributed by atoms with van der Waals surface area (Å²) in [7, 11) is -3.89. The molecule has 19 heavy (non-hydrogen) atoms. The Morgan fingerprint density at radius 3 is 2.79 bits per heavy atom. The molecule has 0 saturated carbocycles. The lowest BCUT2D eigenvalue weighted by molar-refractivity contribution is -0.0847. The van der Waals surface area contributed by atoms with Crippen molar-refractivity contribution in [1.29, 1.82) is 0 Å². The standard InChI is InChI=1S/C10H13NO7S/c12-10(13)8-1-2-9(18-8)19(14,15)11-5-7-6-16-3-4-17-7/h1-2,7,11H,3-6H2,(H,12,13). The van der Waals surface area contributed by atoms with Crippen LogP contribution in [0.2, 0.25) is 0 Å². The molecule has 0 amide bonds.